The molecule has 3 heteroatoms. The highest BCUT2D eigenvalue weighted by Gasteiger charge is 2.20. The Bertz CT molecular complexity index is 595. The van der Waals surface area contributed by atoms with E-state index in [-0.39, 0.29) is 18.0 Å². The molecule has 0 aromatic heterocycles. The number of halogens is 1. The molecule has 0 saturated carbocycles. The fraction of sp³-hybridized carbons (Fsp3) is 0.333. The van der Waals surface area contributed by atoms with Crippen LogP contribution in [0.2, 0.25) is 0 Å². The molecule has 21 heavy (non-hydrogen) atoms. The van der Waals surface area contributed by atoms with E-state index in [1.165, 1.54) is 11.6 Å². The smallest absolute Gasteiger partial charge is 0.165 e. The van der Waals surface area contributed by atoms with E-state index in [1.807, 2.05) is 20.9 Å². The second kappa shape index (κ2) is 6.72. The van der Waals surface area contributed by atoms with E-state index in [1.54, 1.807) is 12.1 Å². The van der Waals surface area contributed by atoms with Crippen LogP contribution in [0.15, 0.2) is 42.5 Å². The van der Waals surface area contributed by atoms with Gasteiger partial charge in [-0.05, 0) is 51.1 Å². The van der Waals surface area contributed by atoms with Crippen LogP contribution in [-0.2, 0) is 0 Å². The number of likely N-dealkylation sites (N-methyl/N-ethyl adjacent to an activating group) is 1. The molecule has 0 bridgehead atoms. The topological polar surface area (TPSA) is 21.3 Å². The molecule has 0 aliphatic carbocycles. The van der Waals surface area contributed by atoms with Gasteiger partial charge >= 0.3 is 0 Å². The second-order valence-electron chi connectivity index (χ2n) is 5.43. The van der Waals surface area contributed by atoms with Crippen molar-refractivity contribution in [3.05, 3.63) is 65.0 Å². The van der Waals surface area contributed by atoms with Crippen molar-refractivity contribution in [2.75, 3.05) is 7.05 Å². The molecule has 0 spiro atoms. The molecule has 1 N–H and O–H groups in total. The van der Waals surface area contributed by atoms with Gasteiger partial charge in [0.1, 0.15) is 6.10 Å². The zero-order valence-electron chi connectivity index (χ0n) is 13.0. The van der Waals surface area contributed by atoms with Crippen molar-refractivity contribution in [2.45, 2.75) is 32.9 Å². The number of ether oxygens (including phenoxy) is 1. The monoisotopic (exact) mass is 287 g/mol. The lowest BCUT2D eigenvalue weighted by molar-refractivity contribution is 0.168. The van der Waals surface area contributed by atoms with Gasteiger partial charge in [-0.2, -0.15) is 0 Å². The van der Waals surface area contributed by atoms with Gasteiger partial charge in [0.2, 0.25) is 0 Å². The number of rotatable bonds is 5. The molecule has 0 heterocycles. The molecule has 2 aromatic carbocycles. The van der Waals surface area contributed by atoms with E-state index in [2.05, 4.69) is 36.5 Å². The highest BCUT2D eigenvalue weighted by molar-refractivity contribution is 5.30. The molecule has 2 aromatic rings. The van der Waals surface area contributed by atoms with Gasteiger partial charge in [-0.25, -0.2) is 4.39 Å². The van der Waals surface area contributed by atoms with Gasteiger partial charge < -0.3 is 10.1 Å². The maximum Gasteiger partial charge on any atom is 0.165 e. The van der Waals surface area contributed by atoms with E-state index < -0.39 is 0 Å². The summed E-state index contributed by atoms with van der Waals surface area (Å²) < 4.78 is 19.6. The number of hydrogen-bond acceptors (Lipinski definition) is 2. The van der Waals surface area contributed by atoms with E-state index in [0.717, 1.165) is 11.1 Å². The van der Waals surface area contributed by atoms with Gasteiger partial charge in [-0.1, -0.05) is 35.9 Å². The molecule has 0 amide bonds. The summed E-state index contributed by atoms with van der Waals surface area (Å²) in [5.74, 6) is -0.0268. The minimum atomic E-state index is -0.328. The number of nitrogens with one attached hydrogen (secondary N) is 1. The Morgan fingerprint density at radius 1 is 1.00 bits per heavy atom. The van der Waals surface area contributed by atoms with Gasteiger partial charge in [0.15, 0.2) is 11.6 Å². The van der Waals surface area contributed by atoms with Crippen LogP contribution < -0.4 is 10.1 Å². The van der Waals surface area contributed by atoms with Crippen LogP contribution in [0.4, 0.5) is 4.39 Å². The van der Waals surface area contributed by atoms with Gasteiger partial charge in [0.05, 0.1) is 6.04 Å². The molecule has 0 aliphatic heterocycles. The predicted molar refractivity (Wildman–Crippen MR) is 84.2 cm³/mol. The largest absolute Gasteiger partial charge is 0.486 e. The molecular formula is C18H22FNO. The van der Waals surface area contributed by atoms with Crippen LogP contribution in [0.5, 0.6) is 5.75 Å². The Labute approximate surface area is 126 Å². The summed E-state index contributed by atoms with van der Waals surface area (Å²) in [6, 6.07) is 13.2. The zero-order chi connectivity index (χ0) is 15.4. The van der Waals surface area contributed by atoms with Crippen molar-refractivity contribution in [1.29, 1.82) is 0 Å². The molecular weight excluding hydrogens is 265 g/mol. The third kappa shape index (κ3) is 3.82. The fourth-order valence-corrected chi connectivity index (χ4v) is 2.42. The van der Waals surface area contributed by atoms with E-state index in [9.17, 15) is 4.39 Å². The number of hydrogen-bond donors (Lipinski definition) is 1. The molecule has 0 radical (unpaired) electrons. The quantitative estimate of drug-likeness (QED) is 0.891. The SMILES string of the molecule is CNC(c1ccc(C)cc1)C(C)Oc1cc(C)ccc1F. The van der Waals surface area contributed by atoms with Gasteiger partial charge in [0, 0.05) is 0 Å². The summed E-state index contributed by atoms with van der Waals surface area (Å²) in [5.41, 5.74) is 3.32. The highest BCUT2D eigenvalue weighted by Crippen LogP contribution is 2.25. The zero-order valence-corrected chi connectivity index (χ0v) is 13.0. The van der Waals surface area contributed by atoms with Crippen molar-refractivity contribution >= 4 is 0 Å². The van der Waals surface area contributed by atoms with Crippen molar-refractivity contribution in [3.8, 4) is 5.75 Å². The summed E-state index contributed by atoms with van der Waals surface area (Å²) in [4.78, 5) is 0. The molecule has 0 saturated heterocycles. The summed E-state index contributed by atoms with van der Waals surface area (Å²) in [6.45, 7) is 5.93. The average Bonchev–Trinajstić information content (AvgIpc) is 2.46. The first-order valence-electron chi connectivity index (χ1n) is 7.18. The van der Waals surface area contributed by atoms with E-state index in [0.29, 0.717) is 5.75 Å². The first kappa shape index (κ1) is 15.5. The summed E-state index contributed by atoms with van der Waals surface area (Å²) in [5, 5.41) is 3.24. The lowest BCUT2D eigenvalue weighted by Crippen LogP contribution is -2.31. The Morgan fingerprint density at radius 3 is 2.24 bits per heavy atom. The molecule has 2 nitrogen and oxygen atoms in total. The minimum absolute atomic E-state index is 0.00510. The Hall–Kier alpha value is -1.87. The molecule has 2 rings (SSSR count). The summed E-state index contributed by atoms with van der Waals surface area (Å²) >= 11 is 0. The minimum Gasteiger partial charge on any atom is -0.486 e. The molecule has 2 atom stereocenters. The predicted octanol–water partition coefficient (Wildman–Crippen LogP) is 4.17. The van der Waals surface area contributed by atoms with Crippen molar-refractivity contribution in [2.24, 2.45) is 0 Å². The van der Waals surface area contributed by atoms with Gasteiger partial charge in [0.25, 0.3) is 0 Å². The van der Waals surface area contributed by atoms with Crippen LogP contribution in [0.25, 0.3) is 0 Å². The van der Waals surface area contributed by atoms with E-state index in [4.69, 9.17) is 4.74 Å². The molecule has 112 valence electrons. The second-order valence-corrected chi connectivity index (χ2v) is 5.43. The third-order valence-electron chi connectivity index (χ3n) is 3.62. The van der Waals surface area contributed by atoms with Gasteiger partial charge in [-0.3, -0.25) is 0 Å². The summed E-state index contributed by atoms with van der Waals surface area (Å²) in [7, 11) is 1.89. The van der Waals surface area contributed by atoms with Crippen LogP contribution in [0.1, 0.15) is 29.7 Å². The van der Waals surface area contributed by atoms with E-state index >= 15 is 0 Å². The fourth-order valence-electron chi connectivity index (χ4n) is 2.42. The highest BCUT2D eigenvalue weighted by atomic mass is 19.1. The lowest BCUT2D eigenvalue weighted by Gasteiger charge is -2.25. The molecule has 2 unspecified atom stereocenters. The van der Waals surface area contributed by atoms with Gasteiger partial charge in [-0.15, -0.1) is 0 Å². The van der Waals surface area contributed by atoms with Crippen molar-refractivity contribution in [3.63, 3.8) is 0 Å². The number of aryl methyl sites for hydroxylation is 2. The van der Waals surface area contributed by atoms with Crippen LogP contribution in [-0.4, -0.2) is 13.2 Å². The lowest BCUT2D eigenvalue weighted by atomic mass is 10.0. The van der Waals surface area contributed by atoms with Crippen molar-refractivity contribution < 1.29 is 9.13 Å². The Balaban J connectivity index is 2.18. The Morgan fingerprint density at radius 2 is 1.62 bits per heavy atom. The standard InChI is InChI=1S/C18H22FNO/c1-12-5-8-15(9-6-12)18(20-4)14(3)21-17-11-13(2)7-10-16(17)19/h5-11,14,18,20H,1-4H3. The van der Waals surface area contributed by atoms with Crippen molar-refractivity contribution in [1.82, 2.24) is 5.32 Å². The average molecular weight is 287 g/mol. The van der Waals surface area contributed by atoms with Crippen LogP contribution in [0, 0.1) is 19.7 Å². The number of benzene rings is 2. The first-order chi connectivity index (χ1) is 10.0. The maximum absolute atomic E-state index is 13.8. The van der Waals surface area contributed by atoms with Crippen LogP contribution in [0.3, 0.4) is 0 Å². The first-order valence-corrected chi connectivity index (χ1v) is 7.18. The Kier molecular flexibility index (Phi) is 4.97. The van der Waals surface area contributed by atoms with Crippen LogP contribution >= 0.6 is 0 Å². The normalized spacial score (nSPS) is 13.8. The molecule has 0 aliphatic rings. The summed E-state index contributed by atoms with van der Waals surface area (Å²) in [6.07, 6.45) is -0.186. The molecule has 0 fully saturated rings. The third-order valence-corrected chi connectivity index (χ3v) is 3.62. The maximum atomic E-state index is 13.8.